The number of hydrogen-bond donors (Lipinski definition) is 0. The van der Waals surface area contributed by atoms with Crippen LogP contribution in [-0.2, 0) is 6.54 Å². The third-order valence-corrected chi connectivity index (χ3v) is 5.74. The Kier molecular flexibility index (Phi) is 5.46. The van der Waals surface area contributed by atoms with Crippen LogP contribution in [0.1, 0.15) is 64.9 Å². The molecule has 0 saturated carbocycles. The SMILES string of the molecule is Cc1c(C(=O)N2CCCCCC2CC(=O)c2ccccc2)nn2c1OCCC2. The lowest BCUT2D eigenvalue weighted by atomic mass is 9.99. The quantitative estimate of drug-likeness (QED) is 0.759. The van der Waals surface area contributed by atoms with E-state index in [0.29, 0.717) is 36.7 Å². The van der Waals surface area contributed by atoms with Crippen molar-refractivity contribution >= 4 is 11.7 Å². The van der Waals surface area contributed by atoms with Gasteiger partial charge in [-0.2, -0.15) is 5.10 Å². The van der Waals surface area contributed by atoms with E-state index in [9.17, 15) is 9.59 Å². The Labute approximate surface area is 165 Å². The van der Waals surface area contributed by atoms with Crippen LogP contribution in [0.15, 0.2) is 30.3 Å². The molecular weight excluding hydrogens is 354 g/mol. The maximum atomic E-state index is 13.4. The van der Waals surface area contributed by atoms with E-state index in [0.717, 1.165) is 44.2 Å². The Balaban J connectivity index is 1.57. The molecule has 148 valence electrons. The lowest BCUT2D eigenvalue weighted by Crippen LogP contribution is -2.41. The predicted octanol–water partition coefficient (Wildman–Crippen LogP) is 3.63. The highest BCUT2D eigenvalue weighted by Gasteiger charge is 2.32. The van der Waals surface area contributed by atoms with E-state index in [1.54, 1.807) is 4.68 Å². The van der Waals surface area contributed by atoms with Crippen molar-refractivity contribution in [1.29, 1.82) is 0 Å². The smallest absolute Gasteiger partial charge is 0.275 e. The lowest BCUT2D eigenvalue weighted by molar-refractivity contribution is 0.0652. The number of nitrogens with zero attached hydrogens (tertiary/aromatic N) is 3. The van der Waals surface area contributed by atoms with Crippen molar-refractivity contribution in [1.82, 2.24) is 14.7 Å². The number of ether oxygens (including phenoxy) is 1. The fraction of sp³-hybridized carbons (Fsp3) is 0.500. The molecule has 1 aromatic carbocycles. The molecule has 1 atom stereocenters. The second-order valence-electron chi connectivity index (χ2n) is 7.70. The number of aromatic nitrogens is 2. The molecule has 6 heteroatoms. The molecule has 4 rings (SSSR count). The van der Waals surface area contributed by atoms with Gasteiger partial charge in [0.15, 0.2) is 11.5 Å². The molecule has 0 bridgehead atoms. The number of fused-ring (bicyclic) bond motifs is 1. The maximum Gasteiger partial charge on any atom is 0.275 e. The molecular formula is C22H27N3O3. The zero-order valence-corrected chi connectivity index (χ0v) is 16.4. The Morgan fingerprint density at radius 1 is 1.11 bits per heavy atom. The van der Waals surface area contributed by atoms with Gasteiger partial charge in [-0.1, -0.05) is 43.2 Å². The van der Waals surface area contributed by atoms with Crippen molar-refractivity contribution in [3.8, 4) is 5.88 Å². The van der Waals surface area contributed by atoms with E-state index in [4.69, 9.17) is 4.74 Å². The van der Waals surface area contributed by atoms with Crippen molar-refractivity contribution in [2.45, 2.75) is 58.0 Å². The zero-order chi connectivity index (χ0) is 19.5. The van der Waals surface area contributed by atoms with Crippen molar-refractivity contribution in [2.24, 2.45) is 0 Å². The first-order valence-electron chi connectivity index (χ1n) is 10.2. The molecule has 3 heterocycles. The summed E-state index contributed by atoms with van der Waals surface area (Å²) in [4.78, 5) is 28.1. The van der Waals surface area contributed by atoms with Crippen molar-refractivity contribution < 1.29 is 14.3 Å². The molecule has 2 aliphatic heterocycles. The predicted molar refractivity (Wildman–Crippen MR) is 106 cm³/mol. The van der Waals surface area contributed by atoms with Crippen LogP contribution in [0.5, 0.6) is 5.88 Å². The van der Waals surface area contributed by atoms with Gasteiger partial charge in [-0.3, -0.25) is 9.59 Å². The summed E-state index contributed by atoms with van der Waals surface area (Å²) in [5.41, 5.74) is 1.99. The molecule has 2 aromatic rings. The van der Waals surface area contributed by atoms with Crippen molar-refractivity contribution in [3.63, 3.8) is 0 Å². The Hall–Kier alpha value is -2.63. The average molecular weight is 381 g/mol. The van der Waals surface area contributed by atoms with Gasteiger partial charge < -0.3 is 9.64 Å². The highest BCUT2D eigenvalue weighted by Crippen LogP contribution is 2.28. The van der Waals surface area contributed by atoms with Crippen LogP contribution in [0.3, 0.4) is 0 Å². The number of Topliss-reactive ketones (excluding diaryl/α,β-unsaturated/α-hetero) is 1. The highest BCUT2D eigenvalue weighted by molar-refractivity contribution is 5.98. The van der Waals surface area contributed by atoms with Gasteiger partial charge in [-0.05, 0) is 19.8 Å². The summed E-state index contributed by atoms with van der Waals surface area (Å²) in [5, 5.41) is 4.54. The number of amides is 1. The van der Waals surface area contributed by atoms with Crippen LogP contribution in [0.4, 0.5) is 0 Å². The Morgan fingerprint density at radius 3 is 2.71 bits per heavy atom. The molecule has 28 heavy (non-hydrogen) atoms. The molecule has 2 aliphatic rings. The van der Waals surface area contributed by atoms with Crippen molar-refractivity contribution in [2.75, 3.05) is 13.2 Å². The average Bonchev–Trinajstić information content (AvgIpc) is 2.90. The van der Waals surface area contributed by atoms with Gasteiger partial charge in [0, 0.05) is 43.1 Å². The van der Waals surface area contributed by atoms with Crippen LogP contribution < -0.4 is 4.74 Å². The number of aryl methyl sites for hydroxylation is 1. The van der Waals surface area contributed by atoms with Crippen LogP contribution >= 0.6 is 0 Å². The van der Waals surface area contributed by atoms with E-state index in [1.165, 1.54) is 0 Å². The summed E-state index contributed by atoms with van der Waals surface area (Å²) in [6.45, 7) is 4.02. The van der Waals surface area contributed by atoms with Gasteiger partial charge in [0.1, 0.15) is 0 Å². The summed E-state index contributed by atoms with van der Waals surface area (Å²) in [7, 11) is 0. The first kappa shape index (κ1) is 18.7. The van der Waals surface area contributed by atoms with Gasteiger partial charge in [-0.15, -0.1) is 0 Å². The maximum absolute atomic E-state index is 13.4. The first-order valence-corrected chi connectivity index (χ1v) is 10.2. The van der Waals surface area contributed by atoms with Gasteiger partial charge in [0.2, 0.25) is 5.88 Å². The summed E-state index contributed by atoms with van der Waals surface area (Å²) in [6.07, 6.45) is 5.21. The number of ketones is 1. The lowest BCUT2D eigenvalue weighted by Gasteiger charge is -2.29. The summed E-state index contributed by atoms with van der Waals surface area (Å²) < 4.78 is 7.52. The van der Waals surface area contributed by atoms with Crippen LogP contribution in [0.2, 0.25) is 0 Å². The molecule has 1 aromatic heterocycles. The normalized spacial score (nSPS) is 19.5. The summed E-state index contributed by atoms with van der Waals surface area (Å²) >= 11 is 0. The molecule has 6 nitrogen and oxygen atoms in total. The number of likely N-dealkylation sites (tertiary alicyclic amines) is 1. The minimum absolute atomic E-state index is 0.0734. The first-order chi connectivity index (χ1) is 13.6. The van der Waals surface area contributed by atoms with E-state index in [1.807, 2.05) is 42.2 Å². The standard InChI is InChI=1S/C22H27N3O3/c1-16-20(23-25-13-8-14-28-22(16)25)21(27)24-12-7-3-6-11-18(24)15-19(26)17-9-4-2-5-10-17/h2,4-5,9-10,18H,3,6-8,11-15H2,1H3. The molecule has 1 fully saturated rings. The summed E-state index contributed by atoms with van der Waals surface area (Å²) in [6, 6.07) is 9.27. The van der Waals surface area contributed by atoms with E-state index >= 15 is 0 Å². The summed E-state index contributed by atoms with van der Waals surface area (Å²) in [5.74, 6) is 0.728. The highest BCUT2D eigenvalue weighted by atomic mass is 16.5. The number of benzene rings is 1. The van der Waals surface area contributed by atoms with E-state index in [-0.39, 0.29) is 17.7 Å². The largest absolute Gasteiger partial charge is 0.478 e. The van der Waals surface area contributed by atoms with E-state index in [2.05, 4.69) is 5.10 Å². The Morgan fingerprint density at radius 2 is 1.93 bits per heavy atom. The minimum atomic E-state index is -0.0817. The molecule has 1 saturated heterocycles. The zero-order valence-electron chi connectivity index (χ0n) is 16.4. The molecule has 0 spiro atoms. The topological polar surface area (TPSA) is 64.4 Å². The Bertz CT molecular complexity index is 859. The fourth-order valence-electron chi connectivity index (χ4n) is 4.21. The number of carbonyl (C=O) groups is 2. The molecule has 0 radical (unpaired) electrons. The number of rotatable bonds is 4. The van der Waals surface area contributed by atoms with Gasteiger partial charge >= 0.3 is 0 Å². The van der Waals surface area contributed by atoms with Crippen LogP contribution in [0.25, 0.3) is 0 Å². The van der Waals surface area contributed by atoms with E-state index < -0.39 is 0 Å². The second kappa shape index (κ2) is 8.17. The van der Waals surface area contributed by atoms with Gasteiger partial charge in [-0.25, -0.2) is 4.68 Å². The van der Waals surface area contributed by atoms with Gasteiger partial charge in [0.25, 0.3) is 5.91 Å². The number of carbonyl (C=O) groups excluding carboxylic acids is 2. The van der Waals surface area contributed by atoms with Crippen LogP contribution in [0, 0.1) is 6.92 Å². The molecule has 0 aliphatic carbocycles. The van der Waals surface area contributed by atoms with Crippen molar-refractivity contribution in [3.05, 3.63) is 47.2 Å². The van der Waals surface area contributed by atoms with Crippen LogP contribution in [-0.4, -0.2) is 45.6 Å². The monoisotopic (exact) mass is 381 g/mol. The fourth-order valence-corrected chi connectivity index (χ4v) is 4.21. The van der Waals surface area contributed by atoms with Gasteiger partial charge in [0.05, 0.1) is 6.61 Å². The third kappa shape index (κ3) is 3.68. The molecule has 1 unspecified atom stereocenters. The number of hydrogen-bond acceptors (Lipinski definition) is 4. The molecule has 1 amide bonds. The minimum Gasteiger partial charge on any atom is -0.478 e. The third-order valence-electron chi connectivity index (χ3n) is 5.74. The second-order valence-corrected chi connectivity index (χ2v) is 7.70. The molecule has 0 N–H and O–H groups in total.